The number of rotatable bonds is 4. The minimum absolute atomic E-state index is 0.0746. The van der Waals surface area contributed by atoms with Gasteiger partial charge < -0.3 is 10.6 Å². The maximum Gasteiger partial charge on any atom is 0.319 e. The Balaban J connectivity index is 1.37. The van der Waals surface area contributed by atoms with E-state index >= 15 is 0 Å². The molecule has 2 unspecified atom stereocenters. The Labute approximate surface area is 163 Å². The van der Waals surface area contributed by atoms with Crippen LogP contribution in [0.1, 0.15) is 24.3 Å². The monoisotopic (exact) mass is 405 g/mol. The molecule has 2 fully saturated rings. The van der Waals surface area contributed by atoms with Crippen molar-refractivity contribution in [3.05, 3.63) is 59.1 Å². The first-order valence-electron chi connectivity index (χ1n) is 8.86. The molecule has 2 N–H and O–H groups in total. The number of nitrogens with zero attached hydrogens (tertiary/aromatic N) is 1. The number of urea groups is 1. The number of hydrogen-bond donors (Lipinski definition) is 2. The summed E-state index contributed by atoms with van der Waals surface area (Å²) in [5, 5.41) is 6.43. The van der Waals surface area contributed by atoms with E-state index in [2.05, 4.69) is 10.6 Å². The molecule has 2 aliphatic rings. The molecule has 1 saturated carbocycles. The standard InChI is InChI=1S/C19H20ClN3O3S/c20-14-5-1-4-13(10-14)17-12-18(17)22-19(24)21-15-6-2-7-16(11-15)23-8-3-9-27(23,25)26/h1-2,4-7,10-11,17-18H,3,8-9,12H2,(H2,21,22,24). The molecule has 4 rings (SSSR count). The first kappa shape index (κ1) is 18.1. The molecule has 0 spiro atoms. The van der Waals surface area contributed by atoms with E-state index in [4.69, 9.17) is 11.6 Å². The Morgan fingerprint density at radius 1 is 1.15 bits per heavy atom. The van der Waals surface area contributed by atoms with E-state index in [9.17, 15) is 13.2 Å². The lowest BCUT2D eigenvalue weighted by Gasteiger charge is -2.18. The average Bonchev–Trinajstić information content (AvgIpc) is 3.28. The van der Waals surface area contributed by atoms with Crippen LogP contribution < -0.4 is 14.9 Å². The van der Waals surface area contributed by atoms with Gasteiger partial charge in [0.05, 0.1) is 11.4 Å². The molecule has 0 radical (unpaired) electrons. The summed E-state index contributed by atoms with van der Waals surface area (Å²) in [5.74, 6) is 0.438. The molecule has 142 valence electrons. The lowest BCUT2D eigenvalue weighted by molar-refractivity contribution is 0.251. The summed E-state index contributed by atoms with van der Waals surface area (Å²) in [5.41, 5.74) is 2.26. The third kappa shape index (κ3) is 4.04. The summed E-state index contributed by atoms with van der Waals surface area (Å²) in [7, 11) is -3.24. The van der Waals surface area contributed by atoms with Gasteiger partial charge in [-0.15, -0.1) is 0 Å². The first-order chi connectivity index (χ1) is 12.9. The topological polar surface area (TPSA) is 78.5 Å². The van der Waals surface area contributed by atoms with Crippen molar-refractivity contribution < 1.29 is 13.2 Å². The number of carbonyl (C=O) groups is 1. The van der Waals surface area contributed by atoms with E-state index in [1.54, 1.807) is 24.3 Å². The second-order valence-electron chi connectivity index (χ2n) is 6.89. The second kappa shape index (κ2) is 7.05. The fraction of sp³-hybridized carbons (Fsp3) is 0.316. The third-order valence-corrected chi connectivity index (χ3v) is 6.98. The van der Waals surface area contributed by atoms with E-state index in [-0.39, 0.29) is 23.7 Å². The number of sulfonamides is 1. The fourth-order valence-corrected chi connectivity index (χ4v) is 5.22. The van der Waals surface area contributed by atoms with E-state index in [0.29, 0.717) is 29.4 Å². The van der Waals surface area contributed by atoms with Gasteiger partial charge in [0, 0.05) is 29.2 Å². The Morgan fingerprint density at radius 2 is 1.96 bits per heavy atom. The maximum absolute atomic E-state index is 12.3. The predicted octanol–water partition coefficient (Wildman–Crippen LogP) is 3.56. The van der Waals surface area contributed by atoms with Crippen LogP contribution >= 0.6 is 11.6 Å². The van der Waals surface area contributed by atoms with Gasteiger partial charge in [-0.25, -0.2) is 13.2 Å². The summed E-state index contributed by atoms with van der Waals surface area (Å²) in [6.45, 7) is 0.474. The molecule has 1 aliphatic heterocycles. The summed E-state index contributed by atoms with van der Waals surface area (Å²) >= 11 is 6.02. The molecule has 0 aromatic heterocycles. The zero-order chi connectivity index (χ0) is 19.0. The number of benzene rings is 2. The van der Waals surface area contributed by atoms with Gasteiger partial charge in [-0.1, -0.05) is 29.8 Å². The van der Waals surface area contributed by atoms with Crippen molar-refractivity contribution in [2.45, 2.75) is 24.8 Å². The summed E-state index contributed by atoms with van der Waals surface area (Å²) in [6, 6.07) is 14.4. The molecule has 2 aromatic carbocycles. The van der Waals surface area contributed by atoms with Crippen LogP contribution in [0.15, 0.2) is 48.5 Å². The third-order valence-electron chi connectivity index (χ3n) is 4.88. The molecule has 1 saturated heterocycles. The highest BCUT2D eigenvalue weighted by Crippen LogP contribution is 2.41. The zero-order valence-corrected chi connectivity index (χ0v) is 16.1. The molecule has 6 nitrogen and oxygen atoms in total. The number of halogens is 1. The van der Waals surface area contributed by atoms with E-state index in [0.717, 1.165) is 12.0 Å². The van der Waals surface area contributed by atoms with Gasteiger partial charge in [0.15, 0.2) is 0 Å². The van der Waals surface area contributed by atoms with Gasteiger partial charge in [-0.2, -0.15) is 0 Å². The largest absolute Gasteiger partial charge is 0.334 e. The van der Waals surface area contributed by atoms with Crippen molar-refractivity contribution in [2.24, 2.45) is 0 Å². The van der Waals surface area contributed by atoms with Gasteiger partial charge in [0.2, 0.25) is 10.0 Å². The lowest BCUT2D eigenvalue weighted by atomic mass is 10.1. The van der Waals surface area contributed by atoms with Crippen molar-refractivity contribution in [3.8, 4) is 0 Å². The molecule has 0 bridgehead atoms. The number of carbonyl (C=O) groups excluding carboxylic acids is 1. The smallest absolute Gasteiger partial charge is 0.319 e. The van der Waals surface area contributed by atoms with Crippen LogP contribution in [-0.4, -0.2) is 32.8 Å². The highest BCUT2D eigenvalue weighted by Gasteiger charge is 2.39. The van der Waals surface area contributed by atoms with Gasteiger partial charge in [-0.3, -0.25) is 4.31 Å². The fourth-order valence-electron chi connectivity index (χ4n) is 3.46. The second-order valence-corrected chi connectivity index (χ2v) is 9.34. The molecule has 2 atom stereocenters. The molecule has 8 heteroatoms. The molecular formula is C19H20ClN3O3S. The first-order valence-corrected chi connectivity index (χ1v) is 10.8. The average molecular weight is 406 g/mol. The van der Waals surface area contributed by atoms with Crippen LogP contribution in [0.3, 0.4) is 0 Å². The predicted molar refractivity (Wildman–Crippen MR) is 107 cm³/mol. The van der Waals surface area contributed by atoms with Crippen molar-refractivity contribution in [1.82, 2.24) is 5.32 Å². The Hall–Kier alpha value is -2.25. The summed E-state index contributed by atoms with van der Waals surface area (Å²) in [6.07, 6.45) is 1.49. The van der Waals surface area contributed by atoms with E-state index in [1.165, 1.54) is 4.31 Å². The number of hydrogen-bond acceptors (Lipinski definition) is 3. The van der Waals surface area contributed by atoms with E-state index in [1.807, 2.05) is 24.3 Å². The van der Waals surface area contributed by atoms with Crippen LogP contribution in [0.2, 0.25) is 5.02 Å². The number of nitrogens with one attached hydrogen (secondary N) is 2. The molecular weight excluding hydrogens is 386 g/mol. The maximum atomic E-state index is 12.3. The zero-order valence-electron chi connectivity index (χ0n) is 14.6. The lowest BCUT2D eigenvalue weighted by Crippen LogP contribution is -2.31. The van der Waals surface area contributed by atoms with Crippen molar-refractivity contribution in [3.63, 3.8) is 0 Å². The minimum atomic E-state index is -3.24. The van der Waals surface area contributed by atoms with Gasteiger partial charge in [0.25, 0.3) is 0 Å². The highest BCUT2D eigenvalue weighted by molar-refractivity contribution is 7.93. The number of amides is 2. The normalized spacial score (nSPS) is 23.1. The molecule has 2 amide bonds. The van der Waals surface area contributed by atoms with Crippen LogP contribution in [0, 0.1) is 0 Å². The molecule has 27 heavy (non-hydrogen) atoms. The highest BCUT2D eigenvalue weighted by atomic mass is 35.5. The van der Waals surface area contributed by atoms with Gasteiger partial charge in [-0.05, 0) is 48.7 Å². The van der Waals surface area contributed by atoms with Crippen LogP contribution in [0.5, 0.6) is 0 Å². The molecule has 1 aliphatic carbocycles. The van der Waals surface area contributed by atoms with Gasteiger partial charge >= 0.3 is 6.03 Å². The Kier molecular flexibility index (Phi) is 4.74. The quantitative estimate of drug-likeness (QED) is 0.816. The number of anilines is 2. The van der Waals surface area contributed by atoms with Crippen molar-refractivity contribution >= 4 is 39.0 Å². The molecule has 2 aromatic rings. The Bertz CT molecular complexity index is 980. The SMILES string of the molecule is O=C(Nc1cccc(N2CCCS2(=O)=O)c1)NC1CC1c1cccc(Cl)c1. The summed E-state index contributed by atoms with van der Waals surface area (Å²) in [4.78, 5) is 12.3. The minimum Gasteiger partial charge on any atom is -0.334 e. The van der Waals surface area contributed by atoms with Gasteiger partial charge in [0.1, 0.15) is 0 Å². The van der Waals surface area contributed by atoms with Crippen LogP contribution in [0.25, 0.3) is 0 Å². The van der Waals surface area contributed by atoms with Crippen molar-refractivity contribution in [2.75, 3.05) is 21.9 Å². The summed E-state index contributed by atoms with van der Waals surface area (Å²) < 4.78 is 25.5. The van der Waals surface area contributed by atoms with Crippen molar-refractivity contribution in [1.29, 1.82) is 0 Å². The van der Waals surface area contributed by atoms with E-state index < -0.39 is 10.0 Å². The van der Waals surface area contributed by atoms with Crippen LogP contribution in [0.4, 0.5) is 16.2 Å². The molecule has 1 heterocycles. The van der Waals surface area contributed by atoms with Crippen LogP contribution in [-0.2, 0) is 10.0 Å². The Morgan fingerprint density at radius 3 is 2.70 bits per heavy atom.